The lowest BCUT2D eigenvalue weighted by atomic mass is 9.78. The summed E-state index contributed by atoms with van der Waals surface area (Å²) in [7, 11) is 1.69. The number of hydrogen-bond acceptors (Lipinski definition) is 4. The number of rotatable bonds is 9. The molecule has 0 spiro atoms. The normalized spacial score (nSPS) is 20.2. The van der Waals surface area contributed by atoms with E-state index in [4.69, 9.17) is 4.74 Å². The summed E-state index contributed by atoms with van der Waals surface area (Å²) in [5.74, 6) is 0.192. The van der Waals surface area contributed by atoms with Gasteiger partial charge in [-0.05, 0) is 71.2 Å². The van der Waals surface area contributed by atoms with E-state index in [1.807, 2.05) is 0 Å². The van der Waals surface area contributed by atoms with Crippen molar-refractivity contribution in [2.45, 2.75) is 51.4 Å². The summed E-state index contributed by atoms with van der Waals surface area (Å²) < 4.78 is 5.32. The zero-order valence-corrected chi connectivity index (χ0v) is 17.3. The van der Waals surface area contributed by atoms with Gasteiger partial charge < -0.3 is 20.3 Å². The highest BCUT2D eigenvalue weighted by atomic mass is 35.5. The van der Waals surface area contributed by atoms with Gasteiger partial charge in [0.1, 0.15) is 0 Å². The molecule has 0 atom stereocenters. The Bertz CT molecular complexity index is 342. The average Bonchev–Trinajstić information content (AvgIpc) is 2.60. The van der Waals surface area contributed by atoms with Crippen LogP contribution in [-0.4, -0.2) is 63.8 Å². The minimum atomic E-state index is -0.312. The molecule has 2 N–H and O–H groups in total. The largest absolute Gasteiger partial charge is 0.384 e. The fourth-order valence-electron chi connectivity index (χ4n) is 3.83. The number of likely N-dealkylation sites (tertiary alicyclic amines) is 1. The Kier molecular flexibility index (Phi) is 14.0. The van der Waals surface area contributed by atoms with Gasteiger partial charge in [0.25, 0.3) is 0 Å². The molecule has 2 fully saturated rings. The molecule has 0 aromatic heterocycles. The van der Waals surface area contributed by atoms with Crippen molar-refractivity contribution in [3.8, 4) is 0 Å². The van der Waals surface area contributed by atoms with Crippen LogP contribution in [0.5, 0.6) is 0 Å². The predicted octanol–water partition coefficient (Wildman–Crippen LogP) is 2.62. The molecule has 0 aromatic carbocycles. The van der Waals surface area contributed by atoms with Crippen molar-refractivity contribution in [2.24, 2.45) is 5.41 Å². The first-order chi connectivity index (χ1) is 11.3. The Labute approximate surface area is 165 Å². The van der Waals surface area contributed by atoms with Gasteiger partial charge in [0.05, 0.1) is 12.0 Å². The van der Waals surface area contributed by atoms with Crippen molar-refractivity contribution in [3.63, 3.8) is 0 Å². The molecule has 7 heteroatoms. The lowest BCUT2D eigenvalue weighted by molar-refractivity contribution is -0.136. The minimum Gasteiger partial charge on any atom is -0.384 e. The Morgan fingerprint density at radius 2 is 1.76 bits per heavy atom. The van der Waals surface area contributed by atoms with Crippen molar-refractivity contribution in [3.05, 3.63) is 0 Å². The Morgan fingerprint density at radius 1 is 1.08 bits per heavy atom. The van der Waals surface area contributed by atoms with Gasteiger partial charge in [0.2, 0.25) is 5.91 Å². The van der Waals surface area contributed by atoms with Gasteiger partial charge in [-0.25, -0.2) is 0 Å². The van der Waals surface area contributed by atoms with Crippen molar-refractivity contribution in [1.82, 2.24) is 15.5 Å². The first-order valence-corrected chi connectivity index (χ1v) is 9.47. The molecular weight excluding hydrogens is 361 g/mol. The summed E-state index contributed by atoms with van der Waals surface area (Å²) in [6.07, 6.45) is 9.43. The summed E-state index contributed by atoms with van der Waals surface area (Å²) in [6, 6.07) is 0. The third kappa shape index (κ3) is 8.44. The van der Waals surface area contributed by atoms with Crippen molar-refractivity contribution >= 4 is 30.7 Å². The van der Waals surface area contributed by atoms with E-state index in [0.29, 0.717) is 6.61 Å². The van der Waals surface area contributed by atoms with E-state index in [2.05, 4.69) is 15.5 Å². The van der Waals surface area contributed by atoms with Crippen LogP contribution in [0.1, 0.15) is 51.4 Å². The molecule has 1 amide bonds. The average molecular weight is 398 g/mol. The maximum absolute atomic E-state index is 12.6. The van der Waals surface area contributed by atoms with Gasteiger partial charge in [-0.15, -0.1) is 24.8 Å². The Hall–Kier alpha value is -0.0700. The highest BCUT2D eigenvalue weighted by molar-refractivity contribution is 5.85. The topological polar surface area (TPSA) is 53.6 Å². The van der Waals surface area contributed by atoms with Gasteiger partial charge in [0, 0.05) is 13.7 Å². The van der Waals surface area contributed by atoms with Crippen molar-refractivity contribution in [1.29, 1.82) is 0 Å². The number of nitrogens with zero attached hydrogens (tertiary/aromatic N) is 1. The highest BCUT2D eigenvalue weighted by Crippen LogP contribution is 2.29. The molecule has 2 saturated heterocycles. The van der Waals surface area contributed by atoms with Gasteiger partial charge >= 0.3 is 0 Å². The van der Waals surface area contributed by atoms with Gasteiger partial charge in [-0.3, -0.25) is 4.79 Å². The van der Waals surface area contributed by atoms with E-state index in [1.165, 1.54) is 51.7 Å². The summed E-state index contributed by atoms with van der Waals surface area (Å²) in [5, 5.41) is 6.48. The summed E-state index contributed by atoms with van der Waals surface area (Å²) in [4.78, 5) is 15.2. The van der Waals surface area contributed by atoms with Crippen LogP contribution >= 0.6 is 24.8 Å². The van der Waals surface area contributed by atoms with Crippen LogP contribution in [0.15, 0.2) is 0 Å². The molecule has 0 bridgehead atoms. The fraction of sp³-hybridized carbons (Fsp3) is 0.944. The molecule has 2 aliphatic heterocycles. The fourth-order valence-corrected chi connectivity index (χ4v) is 3.83. The van der Waals surface area contributed by atoms with Crippen LogP contribution in [0.25, 0.3) is 0 Å². The third-order valence-corrected chi connectivity index (χ3v) is 5.35. The number of nitrogens with one attached hydrogen (secondary N) is 2. The Balaban J connectivity index is 0.00000288. The molecule has 0 aliphatic carbocycles. The molecule has 25 heavy (non-hydrogen) atoms. The second kappa shape index (κ2) is 14.0. The second-order valence-electron chi connectivity index (χ2n) is 7.18. The zero-order chi connectivity index (χ0) is 16.4. The monoisotopic (exact) mass is 397 g/mol. The van der Waals surface area contributed by atoms with E-state index in [1.54, 1.807) is 7.11 Å². The minimum absolute atomic E-state index is 0. The van der Waals surface area contributed by atoms with Crippen LogP contribution in [0.3, 0.4) is 0 Å². The van der Waals surface area contributed by atoms with E-state index >= 15 is 0 Å². The Morgan fingerprint density at radius 3 is 2.40 bits per heavy atom. The van der Waals surface area contributed by atoms with Crippen LogP contribution in [-0.2, 0) is 9.53 Å². The van der Waals surface area contributed by atoms with Gasteiger partial charge in [0.15, 0.2) is 0 Å². The SMILES string of the molecule is COCC1(C(=O)NCCCCCN2CCCCC2)CCNCC1.Cl.Cl. The third-order valence-electron chi connectivity index (χ3n) is 5.35. The smallest absolute Gasteiger partial charge is 0.228 e. The van der Waals surface area contributed by atoms with Crippen LogP contribution in [0.2, 0.25) is 0 Å². The second-order valence-corrected chi connectivity index (χ2v) is 7.18. The number of methoxy groups -OCH3 is 1. The zero-order valence-electron chi connectivity index (χ0n) is 15.7. The standard InChI is InChI=1S/C18H35N3O2.2ClH/c1-23-16-18(8-11-19-12-9-18)17(22)20-10-4-2-5-13-21-14-6-3-7-15-21;;/h19H,2-16H2,1H3,(H,20,22);2*1H. The van der Waals surface area contributed by atoms with E-state index in [0.717, 1.165) is 38.9 Å². The van der Waals surface area contributed by atoms with Crippen LogP contribution in [0, 0.1) is 5.41 Å². The number of amides is 1. The van der Waals surface area contributed by atoms with E-state index in [-0.39, 0.29) is 36.1 Å². The number of ether oxygens (including phenoxy) is 1. The van der Waals surface area contributed by atoms with Crippen molar-refractivity contribution in [2.75, 3.05) is 53.0 Å². The van der Waals surface area contributed by atoms with Crippen molar-refractivity contribution < 1.29 is 9.53 Å². The molecular formula is C18H37Cl2N3O2. The molecule has 0 radical (unpaired) electrons. The molecule has 0 aromatic rings. The molecule has 0 saturated carbocycles. The quantitative estimate of drug-likeness (QED) is 0.587. The maximum Gasteiger partial charge on any atom is 0.228 e. The molecule has 2 aliphatic rings. The maximum atomic E-state index is 12.6. The molecule has 2 rings (SSSR count). The number of carbonyl (C=O) groups is 1. The number of unbranched alkanes of at least 4 members (excludes halogenated alkanes) is 2. The highest BCUT2D eigenvalue weighted by Gasteiger charge is 2.39. The molecule has 0 unspecified atom stereocenters. The summed E-state index contributed by atoms with van der Waals surface area (Å²) >= 11 is 0. The van der Waals surface area contributed by atoms with E-state index in [9.17, 15) is 4.79 Å². The lowest BCUT2D eigenvalue weighted by Crippen LogP contribution is -2.50. The summed E-state index contributed by atoms with van der Waals surface area (Å²) in [5.41, 5.74) is -0.312. The number of piperidine rings is 2. The lowest BCUT2D eigenvalue weighted by Gasteiger charge is -2.35. The number of hydrogen-bond donors (Lipinski definition) is 2. The predicted molar refractivity (Wildman–Crippen MR) is 108 cm³/mol. The number of carbonyl (C=O) groups excluding carboxylic acids is 1. The first kappa shape index (κ1) is 24.9. The number of halogens is 2. The van der Waals surface area contributed by atoms with Crippen LogP contribution in [0.4, 0.5) is 0 Å². The molecule has 5 nitrogen and oxygen atoms in total. The van der Waals surface area contributed by atoms with Gasteiger partial charge in [-0.2, -0.15) is 0 Å². The van der Waals surface area contributed by atoms with Crippen LogP contribution < -0.4 is 10.6 Å². The van der Waals surface area contributed by atoms with E-state index < -0.39 is 0 Å². The first-order valence-electron chi connectivity index (χ1n) is 9.47. The molecule has 150 valence electrons. The summed E-state index contributed by atoms with van der Waals surface area (Å²) in [6.45, 7) is 6.95. The van der Waals surface area contributed by atoms with Gasteiger partial charge in [-0.1, -0.05) is 12.8 Å². The molecule has 2 heterocycles.